The lowest BCUT2D eigenvalue weighted by Gasteiger charge is -2.16. The number of hydrogen-bond acceptors (Lipinski definition) is 7. The number of nitro groups is 1. The summed E-state index contributed by atoms with van der Waals surface area (Å²) in [4.78, 5) is 19.3. The Morgan fingerprint density at radius 1 is 1.25 bits per heavy atom. The lowest BCUT2D eigenvalue weighted by molar-refractivity contribution is -0.383. The molecule has 1 atom stereocenters. The molecule has 20 heavy (non-hydrogen) atoms. The summed E-state index contributed by atoms with van der Waals surface area (Å²) in [6.07, 6.45) is 2.69. The highest BCUT2D eigenvalue weighted by atomic mass is 32.2. The van der Waals surface area contributed by atoms with E-state index >= 15 is 0 Å². The van der Waals surface area contributed by atoms with E-state index < -0.39 is 4.92 Å². The van der Waals surface area contributed by atoms with Crippen LogP contribution >= 0.6 is 11.8 Å². The first kappa shape index (κ1) is 16.5. The molecule has 0 saturated carbocycles. The van der Waals surface area contributed by atoms with E-state index in [1.54, 1.807) is 0 Å². The molecule has 8 heteroatoms. The Kier molecular flexibility index (Phi) is 6.00. The molecular formula is C12H21N5O2S. The molecule has 0 radical (unpaired) electrons. The molecule has 1 unspecified atom stereocenters. The highest BCUT2D eigenvalue weighted by Crippen LogP contribution is 2.32. The van der Waals surface area contributed by atoms with Crippen molar-refractivity contribution in [2.75, 3.05) is 16.9 Å². The van der Waals surface area contributed by atoms with Crippen LogP contribution in [0.25, 0.3) is 0 Å². The molecule has 2 N–H and O–H groups in total. The van der Waals surface area contributed by atoms with Gasteiger partial charge in [0.2, 0.25) is 11.6 Å². The van der Waals surface area contributed by atoms with Crippen LogP contribution in [0.2, 0.25) is 0 Å². The fourth-order valence-electron chi connectivity index (χ4n) is 1.51. The van der Waals surface area contributed by atoms with Crippen LogP contribution in [0.5, 0.6) is 0 Å². The monoisotopic (exact) mass is 299 g/mol. The fraction of sp³-hybridized carbons (Fsp3) is 0.667. The number of aromatic nitrogens is 2. The zero-order chi connectivity index (χ0) is 15.3. The summed E-state index contributed by atoms with van der Waals surface area (Å²) in [5, 5.41) is 17.9. The van der Waals surface area contributed by atoms with Crippen LogP contribution < -0.4 is 10.6 Å². The smallest absolute Gasteiger partial charge is 0.353 e. The maximum atomic E-state index is 11.3. The van der Waals surface area contributed by atoms with E-state index in [0.717, 1.165) is 6.42 Å². The van der Waals surface area contributed by atoms with Crippen molar-refractivity contribution in [2.45, 2.75) is 51.4 Å². The first-order valence-corrected chi connectivity index (χ1v) is 7.75. The van der Waals surface area contributed by atoms with Crippen molar-refractivity contribution in [3.63, 3.8) is 0 Å². The minimum absolute atomic E-state index is 0.0507. The van der Waals surface area contributed by atoms with Crippen LogP contribution in [0, 0.1) is 10.1 Å². The average molecular weight is 299 g/mol. The van der Waals surface area contributed by atoms with Gasteiger partial charge in [-0.3, -0.25) is 10.1 Å². The first-order chi connectivity index (χ1) is 9.38. The summed E-state index contributed by atoms with van der Waals surface area (Å²) in [5.41, 5.74) is -0.100. The van der Waals surface area contributed by atoms with E-state index in [2.05, 4.69) is 20.6 Å². The third kappa shape index (κ3) is 4.22. The molecule has 0 aliphatic heterocycles. The normalized spacial score (nSPS) is 12.3. The second-order valence-electron chi connectivity index (χ2n) is 4.77. The molecule has 0 spiro atoms. The number of thioether (sulfide) groups is 1. The zero-order valence-corrected chi connectivity index (χ0v) is 13.2. The second kappa shape index (κ2) is 7.28. The van der Waals surface area contributed by atoms with Gasteiger partial charge in [0, 0.05) is 12.1 Å². The summed E-state index contributed by atoms with van der Waals surface area (Å²) in [5.74, 6) is 0.530. The molecule has 0 bridgehead atoms. The minimum atomic E-state index is -0.445. The molecule has 0 fully saturated rings. The van der Waals surface area contributed by atoms with Crippen molar-refractivity contribution in [1.29, 1.82) is 0 Å². The third-order valence-electron chi connectivity index (χ3n) is 2.65. The highest BCUT2D eigenvalue weighted by molar-refractivity contribution is 7.98. The Morgan fingerprint density at radius 2 is 1.80 bits per heavy atom. The predicted octanol–water partition coefficient (Wildman–Crippen LogP) is 3.14. The maximum absolute atomic E-state index is 11.3. The van der Waals surface area contributed by atoms with E-state index in [1.165, 1.54) is 11.8 Å². The van der Waals surface area contributed by atoms with E-state index in [4.69, 9.17) is 0 Å². The van der Waals surface area contributed by atoms with Gasteiger partial charge in [0.05, 0.1) is 4.92 Å². The zero-order valence-electron chi connectivity index (χ0n) is 12.4. The summed E-state index contributed by atoms with van der Waals surface area (Å²) in [7, 11) is 0. The Labute approximate surface area is 123 Å². The van der Waals surface area contributed by atoms with Crippen molar-refractivity contribution in [2.24, 2.45) is 0 Å². The lowest BCUT2D eigenvalue weighted by Crippen LogP contribution is -2.19. The van der Waals surface area contributed by atoms with Gasteiger partial charge < -0.3 is 10.6 Å². The van der Waals surface area contributed by atoms with Crippen LogP contribution in [0.1, 0.15) is 34.1 Å². The van der Waals surface area contributed by atoms with Crippen molar-refractivity contribution in [3.8, 4) is 0 Å². The molecule has 1 aromatic heterocycles. The Balaban J connectivity index is 3.33. The van der Waals surface area contributed by atoms with Gasteiger partial charge >= 0.3 is 5.69 Å². The van der Waals surface area contributed by atoms with Crippen LogP contribution in [0.4, 0.5) is 17.3 Å². The Morgan fingerprint density at radius 3 is 2.20 bits per heavy atom. The molecule has 0 aromatic carbocycles. The lowest BCUT2D eigenvalue weighted by atomic mass is 10.2. The predicted molar refractivity (Wildman–Crippen MR) is 82.6 cm³/mol. The Bertz CT molecular complexity index is 481. The number of nitrogens with zero attached hydrogens (tertiary/aromatic N) is 3. The summed E-state index contributed by atoms with van der Waals surface area (Å²) in [6, 6.07) is 0.153. The topological polar surface area (TPSA) is 93.0 Å². The molecule has 112 valence electrons. The fourth-order valence-corrected chi connectivity index (χ4v) is 1.87. The maximum Gasteiger partial charge on any atom is 0.353 e. The third-order valence-corrected chi connectivity index (χ3v) is 3.20. The van der Waals surface area contributed by atoms with Crippen LogP contribution in [-0.4, -0.2) is 33.2 Å². The molecule has 0 amide bonds. The minimum Gasteiger partial charge on any atom is -0.362 e. The SMILES string of the molecule is CCC(C)Nc1nc(SC)nc(NC(C)C)c1[N+](=O)[O-]. The van der Waals surface area contributed by atoms with Gasteiger partial charge in [-0.25, -0.2) is 0 Å². The number of hydrogen-bond donors (Lipinski definition) is 2. The largest absolute Gasteiger partial charge is 0.362 e. The molecule has 0 aliphatic rings. The molecule has 7 nitrogen and oxygen atoms in total. The summed E-state index contributed by atoms with van der Waals surface area (Å²) < 4.78 is 0. The molecule has 0 saturated heterocycles. The van der Waals surface area contributed by atoms with Crippen LogP contribution in [0.3, 0.4) is 0 Å². The Hall–Kier alpha value is -1.57. The van der Waals surface area contributed by atoms with Gasteiger partial charge in [0.1, 0.15) is 0 Å². The molecule has 1 aromatic rings. The van der Waals surface area contributed by atoms with Crippen molar-refractivity contribution >= 4 is 29.1 Å². The summed E-state index contributed by atoms with van der Waals surface area (Å²) in [6.45, 7) is 7.78. The number of anilines is 2. The highest BCUT2D eigenvalue weighted by Gasteiger charge is 2.25. The molecular weight excluding hydrogens is 278 g/mol. The van der Waals surface area contributed by atoms with E-state index in [-0.39, 0.29) is 29.4 Å². The van der Waals surface area contributed by atoms with Crippen LogP contribution in [0.15, 0.2) is 5.16 Å². The van der Waals surface area contributed by atoms with Crippen LogP contribution in [-0.2, 0) is 0 Å². The van der Waals surface area contributed by atoms with Crippen molar-refractivity contribution in [3.05, 3.63) is 10.1 Å². The van der Waals surface area contributed by atoms with Gasteiger partial charge in [0.25, 0.3) is 0 Å². The summed E-state index contributed by atoms with van der Waals surface area (Å²) >= 11 is 1.35. The van der Waals surface area contributed by atoms with E-state index in [9.17, 15) is 10.1 Å². The van der Waals surface area contributed by atoms with E-state index in [0.29, 0.717) is 5.16 Å². The molecule has 1 rings (SSSR count). The van der Waals surface area contributed by atoms with Crippen molar-refractivity contribution < 1.29 is 4.92 Å². The van der Waals surface area contributed by atoms with Gasteiger partial charge in [-0.15, -0.1) is 0 Å². The van der Waals surface area contributed by atoms with Gasteiger partial charge in [-0.05, 0) is 33.4 Å². The van der Waals surface area contributed by atoms with Gasteiger partial charge in [-0.2, -0.15) is 9.97 Å². The number of rotatable bonds is 7. The standard InChI is InChI=1S/C12H21N5O2S/c1-6-8(4)14-11-9(17(18)19)10(13-7(2)3)15-12(16-11)20-5/h7-8H,6H2,1-5H3,(H2,13,14,15,16). The van der Waals surface area contributed by atoms with Crippen molar-refractivity contribution in [1.82, 2.24) is 9.97 Å². The molecule has 1 heterocycles. The first-order valence-electron chi connectivity index (χ1n) is 6.52. The van der Waals surface area contributed by atoms with E-state index in [1.807, 2.05) is 34.0 Å². The average Bonchev–Trinajstić information content (AvgIpc) is 2.36. The van der Waals surface area contributed by atoms with Gasteiger partial charge in [0.15, 0.2) is 5.16 Å². The number of nitrogens with one attached hydrogen (secondary N) is 2. The quantitative estimate of drug-likeness (QED) is 0.346. The molecule has 0 aliphatic carbocycles. The van der Waals surface area contributed by atoms with Gasteiger partial charge in [-0.1, -0.05) is 18.7 Å². The second-order valence-corrected chi connectivity index (χ2v) is 5.54.